The first kappa shape index (κ1) is 16.3. The fourth-order valence-corrected chi connectivity index (χ4v) is 2.04. The van der Waals surface area contributed by atoms with Gasteiger partial charge in [0, 0.05) is 24.9 Å². The van der Waals surface area contributed by atoms with Crippen molar-refractivity contribution >= 4 is 23.0 Å². The van der Waals surface area contributed by atoms with Gasteiger partial charge in [0.1, 0.15) is 18.1 Å². The predicted octanol–water partition coefficient (Wildman–Crippen LogP) is 3.18. The second kappa shape index (κ2) is 9.07. The summed E-state index contributed by atoms with van der Waals surface area (Å²) in [7, 11) is 1.64. The van der Waals surface area contributed by atoms with Crippen molar-refractivity contribution in [3.05, 3.63) is 48.4 Å². The van der Waals surface area contributed by atoms with Crippen molar-refractivity contribution in [2.24, 2.45) is 0 Å². The molecule has 1 aromatic heterocycles. The Morgan fingerprint density at radius 3 is 2.95 bits per heavy atom. The van der Waals surface area contributed by atoms with Crippen molar-refractivity contribution in [3.63, 3.8) is 0 Å². The number of hydrogen-bond donors (Lipinski definition) is 2. The number of anilines is 1. The number of furan rings is 1. The molecule has 0 spiro atoms. The van der Waals surface area contributed by atoms with Gasteiger partial charge in [-0.2, -0.15) is 0 Å². The van der Waals surface area contributed by atoms with Gasteiger partial charge in [0.2, 0.25) is 0 Å². The highest BCUT2D eigenvalue weighted by molar-refractivity contribution is 7.80. The van der Waals surface area contributed by atoms with Gasteiger partial charge in [-0.15, -0.1) is 0 Å². The molecule has 2 aromatic rings. The van der Waals surface area contributed by atoms with Crippen molar-refractivity contribution < 1.29 is 13.9 Å². The molecular formula is C16H20N2O3S. The minimum absolute atomic E-state index is 0.500. The van der Waals surface area contributed by atoms with Crippen molar-refractivity contribution in [1.29, 1.82) is 0 Å². The van der Waals surface area contributed by atoms with Crippen molar-refractivity contribution in [1.82, 2.24) is 5.32 Å². The Morgan fingerprint density at radius 1 is 1.27 bits per heavy atom. The Morgan fingerprint density at radius 2 is 2.18 bits per heavy atom. The lowest BCUT2D eigenvalue weighted by atomic mass is 10.3. The van der Waals surface area contributed by atoms with E-state index in [-0.39, 0.29) is 0 Å². The summed E-state index contributed by atoms with van der Waals surface area (Å²) < 4.78 is 15.8. The van der Waals surface area contributed by atoms with E-state index in [0.717, 1.165) is 30.2 Å². The molecule has 1 heterocycles. The zero-order valence-electron chi connectivity index (χ0n) is 12.5. The molecule has 0 amide bonds. The van der Waals surface area contributed by atoms with Crippen LogP contribution in [-0.4, -0.2) is 25.4 Å². The highest BCUT2D eigenvalue weighted by atomic mass is 32.1. The number of benzene rings is 1. The summed E-state index contributed by atoms with van der Waals surface area (Å²) in [5.41, 5.74) is 0.894. The predicted molar refractivity (Wildman–Crippen MR) is 90.2 cm³/mol. The summed E-state index contributed by atoms with van der Waals surface area (Å²) in [6.45, 7) is 1.89. The van der Waals surface area contributed by atoms with Crippen LogP contribution in [0.4, 0.5) is 5.69 Å². The van der Waals surface area contributed by atoms with Crippen LogP contribution >= 0.6 is 12.2 Å². The van der Waals surface area contributed by atoms with Gasteiger partial charge in [-0.3, -0.25) is 0 Å². The highest BCUT2D eigenvalue weighted by Crippen LogP contribution is 2.16. The second-order valence-corrected chi connectivity index (χ2v) is 5.01. The smallest absolute Gasteiger partial charge is 0.170 e. The lowest BCUT2D eigenvalue weighted by molar-refractivity contribution is 0.105. The third-order valence-corrected chi connectivity index (χ3v) is 3.15. The normalized spacial score (nSPS) is 10.2. The van der Waals surface area contributed by atoms with E-state index >= 15 is 0 Å². The molecule has 22 heavy (non-hydrogen) atoms. The summed E-state index contributed by atoms with van der Waals surface area (Å²) in [5, 5.41) is 6.84. The lowest BCUT2D eigenvalue weighted by Crippen LogP contribution is -2.29. The fraction of sp³-hybridized carbons (Fsp3) is 0.312. The van der Waals surface area contributed by atoms with E-state index in [1.54, 1.807) is 13.4 Å². The number of hydrogen-bond acceptors (Lipinski definition) is 4. The van der Waals surface area contributed by atoms with E-state index in [1.165, 1.54) is 0 Å². The standard InChI is InChI=1S/C16H20N2O3S/c1-19-14-6-2-5-13(11-14)18-16(22)17-8-4-9-20-12-15-7-3-10-21-15/h2-3,5-7,10-11H,4,8-9,12H2,1H3,(H2,17,18,22). The Hall–Kier alpha value is -2.05. The fourth-order valence-electron chi connectivity index (χ4n) is 1.82. The van der Waals surface area contributed by atoms with Crippen LogP contribution in [-0.2, 0) is 11.3 Å². The lowest BCUT2D eigenvalue weighted by Gasteiger charge is -2.11. The number of rotatable bonds is 8. The summed E-state index contributed by atoms with van der Waals surface area (Å²) >= 11 is 5.24. The maximum absolute atomic E-state index is 5.49. The first-order chi connectivity index (χ1) is 10.8. The third kappa shape index (κ3) is 5.75. The molecule has 118 valence electrons. The largest absolute Gasteiger partial charge is 0.497 e. The van der Waals surface area contributed by atoms with Crippen molar-refractivity contribution in [2.75, 3.05) is 25.6 Å². The van der Waals surface area contributed by atoms with Crippen LogP contribution < -0.4 is 15.4 Å². The van der Waals surface area contributed by atoms with Crippen LogP contribution in [0.5, 0.6) is 5.75 Å². The minimum atomic E-state index is 0.500. The average Bonchev–Trinajstić information content (AvgIpc) is 3.04. The highest BCUT2D eigenvalue weighted by Gasteiger charge is 1.99. The monoisotopic (exact) mass is 320 g/mol. The van der Waals surface area contributed by atoms with Gasteiger partial charge in [0.15, 0.2) is 5.11 Å². The summed E-state index contributed by atoms with van der Waals surface area (Å²) in [5.74, 6) is 1.63. The molecule has 1 aromatic carbocycles. The molecule has 5 nitrogen and oxygen atoms in total. The molecule has 0 saturated carbocycles. The molecule has 0 atom stereocenters. The molecule has 0 fully saturated rings. The van der Waals surface area contributed by atoms with E-state index < -0.39 is 0 Å². The Kier molecular flexibility index (Phi) is 6.73. The molecule has 0 radical (unpaired) electrons. The summed E-state index contributed by atoms with van der Waals surface area (Å²) in [6.07, 6.45) is 2.50. The Labute approximate surface area is 135 Å². The van der Waals surface area contributed by atoms with Crippen molar-refractivity contribution in [3.8, 4) is 5.75 Å². The molecule has 0 aliphatic heterocycles. The molecule has 0 aliphatic carbocycles. The quantitative estimate of drug-likeness (QED) is 0.575. The van der Waals surface area contributed by atoms with Gasteiger partial charge in [0.05, 0.1) is 13.4 Å². The zero-order valence-corrected chi connectivity index (χ0v) is 13.3. The molecule has 2 rings (SSSR count). The van der Waals surface area contributed by atoms with Crippen molar-refractivity contribution in [2.45, 2.75) is 13.0 Å². The van der Waals surface area contributed by atoms with E-state index in [0.29, 0.717) is 18.3 Å². The van der Waals surface area contributed by atoms with Gasteiger partial charge in [-0.25, -0.2) is 0 Å². The number of ether oxygens (including phenoxy) is 2. The number of nitrogens with one attached hydrogen (secondary N) is 2. The van der Waals surface area contributed by atoms with Gasteiger partial charge < -0.3 is 24.5 Å². The van der Waals surface area contributed by atoms with E-state index in [1.807, 2.05) is 36.4 Å². The first-order valence-corrected chi connectivity index (χ1v) is 7.48. The topological polar surface area (TPSA) is 55.7 Å². The van der Waals surface area contributed by atoms with E-state index in [4.69, 9.17) is 26.1 Å². The van der Waals surface area contributed by atoms with Crippen LogP contribution in [0.1, 0.15) is 12.2 Å². The molecule has 0 bridgehead atoms. The zero-order chi connectivity index (χ0) is 15.6. The van der Waals surface area contributed by atoms with Crippen LogP contribution in [0.2, 0.25) is 0 Å². The summed E-state index contributed by atoms with van der Waals surface area (Å²) in [4.78, 5) is 0. The first-order valence-electron chi connectivity index (χ1n) is 7.07. The van der Waals surface area contributed by atoms with E-state index in [9.17, 15) is 0 Å². The SMILES string of the molecule is COc1cccc(NC(=S)NCCCOCc2ccco2)c1. The van der Waals surface area contributed by atoms with Crippen LogP contribution in [0.25, 0.3) is 0 Å². The second-order valence-electron chi connectivity index (χ2n) is 4.60. The van der Waals surface area contributed by atoms with Crippen LogP contribution in [0.15, 0.2) is 47.1 Å². The van der Waals surface area contributed by atoms with Crippen LogP contribution in [0, 0.1) is 0 Å². The number of thiocarbonyl (C=S) groups is 1. The van der Waals surface area contributed by atoms with Gasteiger partial charge >= 0.3 is 0 Å². The molecule has 2 N–H and O–H groups in total. The Balaban J connectivity index is 1.57. The third-order valence-electron chi connectivity index (χ3n) is 2.90. The molecule has 0 aliphatic rings. The Bertz CT molecular complexity index is 573. The van der Waals surface area contributed by atoms with Crippen LogP contribution in [0.3, 0.4) is 0 Å². The average molecular weight is 320 g/mol. The maximum atomic E-state index is 5.49. The summed E-state index contributed by atoms with van der Waals surface area (Å²) in [6, 6.07) is 11.4. The van der Waals surface area contributed by atoms with Gasteiger partial charge in [0.25, 0.3) is 0 Å². The molecule has 0 unspecified atom stereocenters. The number of methoxy groups -OCH3 is 1. The molecular weight excluding hydrogens is 300 g/mol. The maximum Gasteiger partial charge on any atom is 0.170 e. The van der Waals surface area contributed by atoms with Gasteiger partial charge in [-0.05, 0) is 42.9 Å². The molecule has 0 saturated heterocycles. The molecule has 6 heteroatoms. The van der Waals surface area contributed by atoms with Gasteiger partial charge in [-0.1, -0.05) is 6.07 Å². The van der Waals surface area contributed by atoms with E-state index in [2.05, 4.69) is 10.6 Å². The minimum Gasteiger partial charge on any atom is -0.497 e.